The van der Waals surface area contributed by atoms with Crippen LogP contribution in [0.2, 0.25) is 0 Å². The van der Waals surface area contributed by atoms with Crippen molar-refractivity contribution in [3.05, 3.63) is 86.6 Å². The summed E-state index contributed by atoms with van der Waals surface area (Å²) in [6.07, 6.45) is 0. The van der Waals surface area contributed by atoms with Crippen LogP contribution in [0.1, 0.15) is 11.8 Å². The Morgan fingerprint density at radius 3 is 2.52 bits per heavy atom. The fraction of sp³-hybridized carbons (Fsp3) is 0.150. The molecule has 0 spiro atoms. The number of carbonyl (C=O) groups is 1. The zero-order valence-electron chi connectivity index (χ0n) is 15.2. The van der Waals surface area contributed by atoms with Crippen molar-refractivity contribution in [2.45, 2.75) is 23.6 Å². The number of benzene rings is 2. The summed E-state index contributed by atoms with van der Waals surface area (Å²) in [7, 11) is 0. The van der Waals surface area contributed by atoms with Crippen LogP contribution in [0.3, 0.4) is 0 Å². The average molecular weight is 434 g/mol. The molecule has 2 aromatic carbocycles. The normalized spacial score (nSPS) is 11.8. The van der Waals surface area contributed by atoms with E-state index in [0.717, 1.165) is 17.0 Å². The summed E-state index contributed by atoms with van der Waals surface area (Å²) in [5, 5.41) is 12.0. The monoisotopic (exact) mass is 434 g/mol. The maximum Gasteiger partial charge on any atom is 0.269 e. The summed E-state index contributed by atoms with van der Waals surface area (Å²) in [5.74, 6) is -1.89. The maximum absolute atomic E-state index is 14.4. The molecule has 0 aliphatic rings. The van der Waals surface area contributed by atoms with Gasteiger partial charge < -0.3 is 4.90 Å². The zero-order valence-corrected chi connectivity index (χ0v) is 16.9. The van der Waals surface area contributed by atoms with E-state index in [1.807, 2.05) is 17.5 Å². The molecule has 0 aliphatic carbocycles. The van der Waals surface area contributed by atoms with E-state index in [1.54, 1.807) is 19.1 Å². The molecule has 0 saturated heterocycles. The molecule has 3 aromatic rings. The molecule has 0 N–H and O–H groups in total. The first-order valence-electron chi connectivity index (χ1n) is 8.55. The van der Waals surface area contributed by atoms with Gasteiger partial charge in [-0.3, -0.25) is 14.9 Å². The Balaban J connectivity index is 1.83. The molecule has 1 aromatic heterocycles. The second-order valence-corrected chi connectivity index (χ2v) is 8.56. The summed E-state index contributed by atoms with van der Waals surface area (Å²) in [5.41, 5.74) is -0.0398. The first-order valence-corrected chi connectivity index (χ1v) is 10.3. The van der Waals surface area contributed by atoms with Crippen molar-refractivity contribution >= 4 is 40.4 Å². The fourth-order valence-corrected chi connectivity index (χ4v) is 4.28. The summed E-state index contributed by atoms with van der Waals surface area (Å²) < 4.78 is 27.7. The van der Waals surface area contributed by atoms with Crippen molar-refractivity contribution in [3.8, 4) is 0 Å². The predicted octanol–water partition coefficient (Wildman–Crippen LogP) is 5.65. The Morgan fingerprint density at radius 1 is 1.21 bits per heavy atom. The Bertz CT molecular complexity index is 1010. The number of nitro benzene ring substituents is 1. The van der Waals surface area contributed by atoms with Crippen LogP contribution in [-0.4, -0.2) is 16.1 Å². The van der Waals surface area contributed by atoms with Crippen LogP contribution in [0.25, 0.3) is 0 Å². The van der Waals surface area contributed by atoms with Crippen molar-refractivity contribution in [2.24, 2.45) is 0 Å². The highest BCUT2D eigenvalue weighted by atomic mass is 32.2. The molecule has 29 heavy (non-hydrogen) atoms. The van der Waals surface area contributed by atoms with E-state index in [0.29, 0.717) is 4.90 Å². The molecule has 1 unspecified atom stereocenters. The molecule has 1 amide bonds. The Labute approximate surface area is 174 Å². The maximum atomic E-state index is 14.4. The van der Waals surface area contributed by atoms with Crippen LogP contribution >= 0.6 is 23.1 Å². The topological polar surface area (TPSA) is 63.5 Å². The lowest BCUT2D eigenvalue weighted by atomic mass is 10.2. The standard InChI is InChI=1S/C20H16F2N2O3S2/c1-13(29-16-7-5-15(6-8-16)24(26)27)20(25)23(12-17-3-2-10-28-17)19-9-4-14(21)11-18(19)22/h2-11,13H,12H2,1H3. The number of halogens is 2. The van der Waals surface area contributed by atoms with Crippen molar-refractivity contribution in [3.63, 3.8) is 0 Å². The van der Waals surface area contributed by atoms with Gasteiger partial charge in [-0.1, -0.05) is 6.07 Å². The van der Waals surface area contributed by atoms with Crippen LogP contribution in [0.4, 0.5) is 20.2 Å². The quantitative estimate of drug-likeness (QED) is 0.274. The van der Waals surface area contributed by atoms with Crippen molar-refractivity contribution < 1.29 is 18.5 Å². The van der Waals surface area contributed by atoms with E-state index >= 15 is 0 Å². The van der Waals surface area contributed by atoms with Crippen molar-refractivity contribution in [1.82, 2.24) is 0 Å². The van der Waals surface area contributed by atoms with Crippen LogP contribution in [0.15, 0.2) is 64.9 Å². The largest absolute Gasteiger partial charge is 0.303 e. The molecule has 0 aliphatic heterocycles. The number of nitrogens with zero attached hydrogens (tertiary/aromatic N) is 2. The molecular formula is C20H16F2N2O3S2. The first-order chi connectivity index (χ1) is 13.8. The third-order valence-electron chi connectivity index (χ3n) is 4.07. The predicted molar refractivity (Wildman–Crippen MR) is 110 cm³/mol. The third-order valence-corrected chi connectivity index (χ3v) is 6.03. The van der Waals surface area contributed by atoms with Crippen LogP contribution in [-0.2, 0) is 11.3 Å². The van der Waals surface area contributed by atoms with Gasteiger partial charge in [-0.2, -0.15) is 0 Å². The molecule has 150 valence electrons. The average Bonchev–Trinajstić information content (AvgIpc) is 3.19. The molecule has 1 heterocycles. The summed E-state index contributed by atoms with van der Waals surface area (Å²) in [6.45, 7) is 1.83. The molecule has 3 rings (SSSR count). The molecule has 5 nitrogen and oxygen atoms in total. The van der Waals surface area contributed by atoms with Crippen LogP contribution in [0.5, 0.6) is 0 Å². The van der Waals surface area contributed by atoms with Gasteiger partial charge >= 0.3 is 0 Å². The van der Waals surface area contributed by atoms with Gasteiger partial charge in [-0.15, -0.1) is 23.1 Å². The lowest BCUT2D eigenvalue weighted by Gasteiger charge is -2.26. The van der Waals surface area contributed by atoms with E-state index in [9.17, 15) is 23.7 Å². The second-order valence-electron chi connectivity index (χ2n) is 6.11. The van der Waals surface area contributed by atoms with Gasteiger partial charge in [0.25, 0.3) is 5.69 Å². The molecule has 9 heteroatoms. The number of thiophene rings is 1. The van der Waals surface area contributed by atoms with Gasteiger partial charge in [0.05, 0.1) is 22.4 Å². The number of thioether (sulfide) groups is 1. The number of carbonyl (C=O) groups excluding carboxylic acids is 1. The first kappa shape index (κ1) is 20.9. The number of nitro groups is 1. The minimum atomic E-state index is -0.817. The van der Waals surface area contributed by atoms with Gasteiger partial charge in [-0.05, 0) is 42.6 Å². The van der Waals surface area contributed by atoms with E-state index in [2.05, 4.69) is 0 Å². The van der Waals surface area contributed by atoms with E-state index < -0.39 is 21.8 Å². The van der Waals surface area contributed by atoms with Crippen LogP contribution < -0.4 is 4.90 Å². The van der Waals surface area contributed by atoms with E-state index in [4.69, 9.17) is 0 Å². The smallest absolute Gasteiger partial charge is 0.269 e. The number of non-ortho nitro benzene ring substituents is 1. The zero-order chi connectivity index (χ0) is 21.0. The second kappa shape index (κ2) is 9.15. The Morgan fingerprint density at radius 2 is 1.93 bits per heavy atom. The number of rotatable bonds is 7. The lowest BCUT2D eigenvalue weighted by Crippen LogP contribution is -2.36. The molecule has 1 atom stereocenters. The molecule has 0 radical (unpaired) electrons. The summed E-state index contributed by atoms with van der Waals surface area (Å²) >= 11 is 2.64. The Kier molecular flexibility index (Phi) is 6.60. The fourth-order valence-electron chi connectivity index (χ4n) is 2.66. The SMILES string of the molecule is CC(Sc1ccc([N+](=O)[O-])cc1)C(=O)N(Cc1cccs1)c1ccc(F)cc1F. The molecular weight excluding hydrogens is 418 g/mol. The minimum absolute atomic E-state index is 0.000879. The van der Waals surface area contributed by atoms with Crippen molar-refractivity contribution in [2.75, 3.05) is 4.90 Å². The molecule has 0 saturated carbocycles. The highest BCUT2D eigenvalue weighted by molar-refractivity contribution is 8.00. The van der Waals surface area contributed by atoms with Gasteiger partial charge in [0.1, 0.15) is 11.6 Å². The number of hydrogen-bond donors (Lipinski definition) is 0. The van der Waals surface area contributed by atoms with Crippen LogP contribution in [0, 0.1) is 21.7 Å². The number of amides is 1. The minimum Gasteiger partial charge on any atom is -0.303 e. The van der Waals surface area contributed by atoms with Gasteiger partial charge in [-0.25, -0.2) is 8.78 Å². The molecule has 0 bridgehead atoms. The number of hydrogen-bond acceptors (Lipinski definition) is 5. The summed E-state index contributed by atoms with van der Waals surface area (Å²) in [4.78, 5) is 26.2. The highest BCUT2D eigenvalue weighted by Gasteiger charge is 2.26. The summed E-state index contributed by atoms with van der Waals surface area (Å²) in [6, 6.07) is 12.6. The van der Waals surface area contributed by atoms with Gasteiger partial charge in [0, 0.05) is 28.0 Å². The van der Waals surface area contributed by atoms with Gasteiger partial charge in [0.2, 0.25) is 5.91 Å². The highest BCUT2D eigenvalue weighted by Crippen LogP contribution is 2.30. The molecule has 0 fully saturated rings. The van der Waals surface area contributed by atoms with Gasteiger partial charge in [0.15, 0.2) is 0 Å². The van der Waals surface area contributed by atoms with Crippen molar-refractivity contribution in [1.29, 1.82) is 0 Å². The van der Waals surface area contributed by atoms with E-state index in [-0.39, 0.29) is 23.8 Å². The number of anilines is 1. The Hall–Kier alpha value is -2.78. The lowest BCUT2D eigenvalue weighted by molar-refractivity contribution is -0.384. The van der Waals surface area contributed by atoms with E-state index in [1.165, 1.54) is 46.2 Å². The third kappa shape index (κ3) is 5.18.